The number of ether oxygens (including phenoxy) is 2. The van der Waals surface area contributed by atoms with E-state index in [0.717, 1.165) is 16.8 Å². The number of nitrogens with zero attached hydrogens (tertiary/aromatic N) is 1. The Kier molecular flexibility index (Phi) is 4.24. The molecule has 1 amide bonds. The highest BCUT2D eigenvalue weighted by Crippen LogP contribution is 2.36. The van der Waals surface area contributed by atoms with E-state index in [9.17, 15) is 9.59 Å². The molecule has 2 heterocycles. The highest BCUT2D eigenvalue weighted by Gasteiger charge is 2.30. The van der Waals surface area contributed by atoms with Gasteiger partial charge in [-0.15, -0.1) is 0 Å². The van der Waals surface area contributed by atoms with Gasteiger partial charge in [0, 0.05) is 5.56 Å². The lowest BCUT2D eigenvalue weighted by molar-refractivity contribution is -0.147. The van der Waals surface area contributed by atoms with Crippen molar-refractivity contribution < 1.29 is 23.6 Å². The Balaban J connectivity index is 1.88. The van der Waals surface area contributed by atoms with Crippen molar-refractivity contribution in [3.63, 3.8) is 0 Å². The molecule has 0 saturated heterocycles. The zero-order valence-electron chi connectivity index (χ0n) is 13.7. The molecule has 0 spiro atoms. The molecule has 0 fully saturated rings. The summed E-state index contributed by atoms with van der Waals surface area (Å²) >= 11 is 0. The summed E-state index contributed by atoms with van der Waals surface area (Å²) in [4.78, 5) is 23.7. The number of carbonyl (C=O) groups is 2. The van der Waals surface area contributed by atoms with Crippen LogP contribution in [-0.4, -0.2) is 29.7 Å². The van der Waals surface area contributed by atoms with Gasteiger partial charge in [-0.3, -0.25) is 9.59 Å². The summed E-state index contributed by atoms with van der Waals surface area (Å²) < 4.78 is 15.8. The maximum Gasteiger partial charge on any atom is 0.310 e. The fourth-order valence-electron chi connectivity index (χ4n) is 2.70. The van der Waals surface area contributed by atoms with Gasteiger partial charge in [0.2, 0.25) is 0 Å². The standard InChI is InChI=1S/C17H18N2O5/c1-4-22-15(20)8-14-17(21)18-12-6-5-11(7-13(12)23-14)16-9(2)19-24-10(16)3/h5-7,14H,4,8H2,1-3H3,(H,18,21). The molecule has 24 heavy (non-hydrogen) atoms. The molecule has 0 radical (unpaired) electrons. The lowest BCUT2D eigenvalue weighted by Crippen LogP contribution is -2.38. The van der Waals surface area contributed by atoms with Crippen LogP contribution < -0.4 is 10.1 Å². The van der Waals surface area contributed by atoms with Crippen LogP contribution in [0.5, 0.6) is 5.75 Å². The smallest absolute Gasteiger partial charge is 0.310 e. The number of aryl methyl sites for hydroxylation is 2. The monoisotopic (exact) mass is 330 g/mol. The lowest BCUT2D eigenvalue weighted by Gasteiger charge is -2.25. The Hall–Kier alpha value is -2.83. The molecule has 7 heteroatoms. The van der Waals surface area contributed by atoms with E-state index in [1.165, 1.54) is 0 Å². The fraction of sp³-hybridized carbons (Fsp3) is 0.353. The SMILES string of the molecule is CCOC(=O)CC1Oc2cc(-c3c(C)noc3C)ccc2NC1=O. The van der Waals surface area contributed by atoms with Crippen molar-refractivity contribution in [3.8, 4) is 16.9 Å². The van der Waals surface area contributed by atoms with Crippen molar-refractivity contribution in [2.45, 2.75) is 33.3 Å². The first-order valence-electron chi connectivity index (χ1n) is 7.70. The number of rotatable bonds is 4. The molecule has 1 aromatic heterocycles. The molecule has 2 aromatic rings. The molecular weight excluding hydrogens is 312 g/mol. The Morgan fingerprint density at radius 3 is 2.83 bits per heavy atom. The molecular formula is C17H18N2O5. The van der Waals surface area contributed by atoms with Crippen molar-refractivity contribution in [1.82, 2.24) is 5.16 Å². The Labute approximate surface area is 138 Å². The molecule has 126 valence electrons. The minimum atomic E-state index is -0.906. The van der Waals surface area contributed by atoms with E-state index >= 15 is 0 Å². The summed E-state index contributed by atoms with van der Waals surface area (Å²) in [6.45, 7) is 5.67. The van der Waals surface area contributed by atoms with E-state index in [4.69, 9.17) is 14.0 Å². The van der Waals surface area contributed by atoms with Crippen molar-refractivity contribution in [1.29, 1.82) is 0 Å². The van der Waals surface area contributed by atoms with Gasteiger partial charge in [0.05, 0.1) is 24.4 Å². The summed E-state index contributed by atoms with van der Waals surface area (Å²) in [6, 6.07) is 5.43. The van der Waals surface area contributed by atoms with Gasteiger partial charge < -0.3 is 19.3 Å². The second kappa shape index (κ2) is 6.35. The second-order valence-corrected chi connectivity index (χ2v) is 5.51. The first kappa shape index (κ1) is 16.0. The highest BCUT2D eigenvalue weighted by molar-refractivity contribution is 6.00. The maximum absolute atomic E-state index is 12.0. The predicted molar refractivity (Wildman–Crippen MR) is 85.7 cm³/mol. The Bertz CT molecular complexity index is 777. The molecule has 1 atom stereocenters. The van der Waals surface area contributed by atoms with Gasteiger partial charge in [0.25, 0.3) is 5.91 Å². The topological polar surface area (TPSA) is 90.7 Å². The third-order valence-electron chi connectivity index (χ3n) is 3.78. The zero-order chi connectivity index (χ0) is 17.3. The van der Waals surface area contributed by atoms with E-state index in [1.807, 2.05) is 19.9 Å². The molecule has 7 nitrogen and oxygen atoms in total. The van der Waals surface area contributed by atoms with Crippen molar-refractivity contribution >= 4 is 17.6 Å². The average molecular weight is 330 g/mol. The molecule has 1 aromatic carbocycles. The van der Waals surface area contributed by atoms with E-state index in [0.29, 0.717) is 17.2 Å². The van der Waals surface area contributed by atoms with Crippen molar-refractivity contribution in [3.05, 3.63) is 29.7 Å². The van der Waals surface area contributed by atoms with Gasteiger partial charge in [0.1, 0.15) is 11.5 Å². The normalized spacial score (nSPS) is 16.1. The van der Waals surface area contributed by atoms with Crippen LogP contribution in [-0.2, 0) is 14.3 Å². The van der Waals surface area contributed by atoms with Gasteiger partial charge in [-0.2, -0.15) is 0 Å². The number of nitrogens with one attached hydrogen (secondary N) is 1. The number of anilines is 1. The van der Waals surface area contributed by atoms with Crippen molar-refractivity contribution in [2.75, 3.05) is 11.9 Å². The quantitative estimate of drug-likeness (QED) is 0.867. The van der Waals surface area contributed by atoms with Crippen LogP contribution in [0.25, 0.3) is 11.1 Å². The van der Waals surface area contributed by atoms with Gasteiger partial charge in [-0.1, -0.05) is 11.2 Å². The first-order valence-corrected chi connectivity index (χ1v) is 7.70. The highest BCUT2D eigenvalue weighted by atomic mass is 16.5. The lowest BCUT2D eigenvalue weighted by atomic mass is 10.0. The largest absolute Gasteiger partial charge is 0.478 e. The van der Waals surface area contributed by atoms with E-state index in [2.05, 4.69) is 10.5 Å². The van der Waals surface area contributed by atoms with Gasteiger partial charge in [0.15, 0.2) is 6.10 Å². The minimum Gasteiger partial charge on any atom is -0.478 e. The number of carbonyl (C=O) groups excluding carboxylic acids is 2. The summed E-state index contributed by atoms with van der Waals surface area (Å²) in [7, 11) is 0. The minimum absolute atomic E-state index is 0.130. The number of hydrogen-bond donors (Lipinski definition) is 1. The molecule has 0 aliphatic carbocycles. The third kappa shape index (κ3) is 2.97. The summed E-state index contributed by atoms with van der Waals surface area (Å²) in [6.07, 6.45) is -1.04. The Morgan fingerprint density at radius 2 is 2.17 bits per heavy atom. The fourth-order valence-corrected chi connectivity index (χ4v) is 2.70. The van der Waals surface area contributed by atoms with E-state index < -0.39 is 12.1 Å². The van der Waals surface area contributed by atoms with Crippen LogP contribution in [0.2, 0.25) is 0 Å². The molecule has 0 bridgehead atoms. The summed E-state index contributed by atoms with van der Waals surface area (Å²) in [5.41, 5.74) is 3.10. The van der Waals surface area contributed by atoms with E-state index in [-0.39, 0.29) is 18.9 Å². The molecule has 1 aliphatic rings. The molecule has 0 saturated carbocycles. The van der Waals surface area contributed by atoms with Crippen LogP contribution in [0.3, 0.4) is 0 Å². The first-order chi connectivity index (χ1) is 11.5. The van der Waals surface area contributed by atoms with Crippen LogP contribution in [0, 0.1) is 13.8 Å². The van der Waals surface area contributed by atoms with Crippen molar-refractivity contribution in [2.24, 2.45) is 0 Å². The van der Waals surface area contributed by atoms with Gasteiger partial charge >= 0.3 is 5.97 Å². The molecule has 3 rings (SSSR count). The number of amides is 1. The molecule has 1 N–H and O–H groups in total. The number of esters is 1. The van der Waals surface area contributed by atoms with Crippen LogP contribution in [0.1, 0.15) is 24.8 Å². The second-order valence-electron chi connectivity index (χ2n) is 5.51. The van der Waals surface area contributed by atoms with Crippen LogP contribution in [0.4, 0.5) is 5.69 Å². The molecule has 1 aliphatic heterocycles. The Morgan fingerprint density at radius 1 is 1.38 bits per heavy atom. The maximum atomic E-state index is 12.0. The average Bonchev–Trinajstić information content (AvgIpc) is 2.87. The third-order valence-corrected chi connectivity index (χ3v) is 3.78. The number of hydrogen-bond acceptors (Lipinski definition) is 6. The summed E-state index contributed by atoms with van der Waals surface area (Å²) in [5.74, 6) is 0.375. The van der Waals surface area contributed by atoms with Crippen LogP contribution >= 0.6 is 0 Å². The van der Waals surface area contributed by atoms with E-state index in [1.54, 1.807) is 19.1 Å². The molecule has 1 unspecified atom stereocenters. The number of fused-ring (bicyclic) bond motifs is 1. The summed E-state index contributed by atoms with van der Waals surface area (Å²) in [5, 5.41) is 6.69. The van der Waals surface area contributed by atoms with Crippen LogP contribution in [0.15, 0.2) is 22.7 Å². The number of benzene rings is 1. The van der Waals surface area contributed by atoms with Gasteiger partial charge in [-0.05, 0) is 38.5 Å². The zero-order valence-corrected chi connectivity index (χ0v) is 13.7. The van der Waals surface area contributed by atoms with Gasteiger partial charge in [-0.25, -0.2) is 0 Å². The predicted octanol–water partition coefficient (Wildman–Crippen LogP) is 2.61. The number of aromatic nitrogens is 1.